The van der Waals surface area contributed by atoms with Crippen molar-refractivity contribution >= 4 is 49.6 Å². The van der Waals surface area contributed by atoms with E-state index in [0.29, 0.717) is 0 Å². The number of hydrogen-bond donors (Lipinski definition) is 0. The fourth-order valence-electron chi connectivity index (χ4n) is 11.9. The molecule has 2 heteroatoms. The van der Waals surface area contributed by atoms with Crippen molar-refractivity contribution in [2.45, 2.75) is 5.41 Å². The van der Waals surface area contributed by atoms with Crippen LogP contribution in [0.15, 0.2) is 255 Å². The maximum atomic E-state index is 2.52. The molecule has 2 aliphatic carbocycles. The van der Waals surface area contributed by atoms with E-state index in [9.17, 15) is 0 Å². The third-order valence-corrected chi connectivity index (χ3v) is 14.6. The molecular weight excluding hydrogens is 809 g/mol. The Morgan fingerprint density at radius 1 is 0.299 bits per heavy atom. The van der Waals surface area contributed by atoms with Crippen molar-refractivity contribution < 1.29 is 0 Å². The van der Waals surface area contributed by atoms with E-state index in [0.717, 1.165) is 28.3 Å². The number of anilines is 3. The second-order valence-corrected chi connectivity index (χ2v) is 17.9. The van der Waals surface area contributed by atoms with Crippen LogP contribution in [0.3, 0.4) is 0 Å². The Hall–Kier alpha value is -8.72. The molecule has 0 N–H and O–H groups in total. The molecule has 2 aliphatic rings. The zero-order chi connectivity index (χ0) is 44.1. The molecule has 12 aromatic rings. The predicted molar refractivity (Wildman–Crippen MR) is 280 cm³/mol. The minimum absolute atomic E-state index is 0.528. The van der Waals surface area contributed by atoms with E-state index in [1.165, 1.54) is 93.8 Å². The highest BCUT2D eigenvalue weighted by molar-refractivity contribution is 6.12. The molecular formula is C65H42N2. The molecule has 1 aromatic heterocycles. The molecule has 11 aromatic carbocycles. The standard InChI is InChI=1S/C65H42N2/c1-4-19-43(20-5-1)49-30-18-31-50(44-21-6-2-7-22-44)64(49)67-61-36-15-12-29-54(61)55-40-38-48(42-62(55)67)66(46-25-8-3-9-26-46)47-37-39-53-51-27-10-13-33-57(51)65(60(53)41-47)58-34-14-11-28-52(58)56-32-16-23-45-24-17-35-59(65)63(45)56/h1-42H. The molecule has 0 saturated carbocycles. The molecule has 312 valence electrons. The number of fused-ring (bicyclic) bond motifs is 12. The van der Waals surface area contributed by atoms with Gasteiger partial charge in [0.2, 0.25) is 0 Å². The summed E-state index contributed by atoms with van der Waals surface area (Å²) in [5.74, 6) is 0. The number of rotatable bonds is 6. The van der Waals surface area contributed by atoms with Crippen LogP contribution < -0.4 is 4.90 Å². The van der Waals surface area contributed by atoms with Gasteiger partial charge in [0.05, 0.1) is 22.1 Å². The molecule has 2 nitrogen and oxygen atoms in total. The summed E-state index contributed by atoms with van der Waals surface area (Å²) in [7, 11) is 0. The van der Waals surface area contributed by atoms with Gasteiger partial charge in [-0.25, -0.2) is 0 Å². The number of nitrogens with zero attached hydrogens (tertiary/aromatic N) is 2. The second kappa shape index (κ2) is 14.7. The monoisotopic (exact) mass is 850 g/mol. The Morgan fingerprint density at radius 3 is 1.51 bits per heavy atom. The summed E-state index contributed by atoms with van der Waals surface area (Å²) in [5, 5.41) is 5.04. The maximum Gasteiger partial charge on any atom is 0.0726 e. The molecule has 14 rings (SSSR count). The molecule has 0 amide bonds. The van der Waals surface area contributed by atoms with Crippen molar-refractivity contribution in [3.63, 3.8) is 0 Å². The van der Waals surface area contributed by atoms with Gasteiger partial charge < -0.3 is 9.47 Å². The summed E-state index contributed by atoms with van der Waals surface area (Å²) in [6.45, 7) is 0. The first-order chi connectivity index (χ1) is 33.3. The Balaban J connectivity index is 1.05. The van der Waals surface area contributed by atoms with Crippen molar-refractivity contribution in [1.29, 1.82) is 0 Å². The molecule has 67 heavy (non-hydrogen) atoms. The second-order valence-electron chi connectivity index (χ2n) is 17.9. The quantitative estimate of drug-likeness (QED) is 0.162. The largest absolute Gasteiger partial charge is 0.310 e. The highest BCUT2D eigenvalue weighted by atomic mass is 15.1. The molecule has 1 heterocycles. The van der Waals surface area contributed by atoms with Gasteiger partial charge >= 0.3 is 0 Å². The van der Waals surface area contributed by atoms with Gasteiger partial charge in [-0.2, -0.15) is 0 Å². The molecule has 0 radical (unpaired) electrons. The third-order valence-electron chi connectivity index (χ3n) is 14.6. The fraction of sp³-hybridized carbons (Fsp3) is 0.0154. The van der Waals surface area contributed by atoms with Crippen LogP contribution in [0.25, 0.3) is 82.8 Å². The third kappa shape index (κ3) is 5.39. The maximum absolute atomic E-state index is 2.52. The van der Waals surface area contributed by atoms with Gasteiger partial charge in [0.25, 0.3) is 0 Å². The van der Waals surface area contributed by atoms with Crippen molar-refractivity contribution in [2.75, 3.05) is 4.90 Å². The van der Waals surface area contributed by atoms with Crippen LogP contribution in [0.4, 0.5) is 17.1 Å². The van der Waals surface area contributed by atoms with E-state index in [1.807, 2.05) is 0 Å². The van der Waals surface area contributed by atoms with E-state index < -0.39 is 5.41 Å². The summed E-state index contributed by atoms with van der Waals surface area (Å²) in [6, 6.07) is 94.5. The molecule has 0 aliphatic heterocycles. The first-order valence-electron chi connectivity index (χ1n) is 23.3. The topological polar surface area (TPSA) is 8.17 Å². The normalized spacial score (nSPS) is 14.3. The number of benzene rings is 11. The Labute approximate surface area is 389 Å². The van der Waals surface area contributed by atoms with E-state index in [-0.39, 0.29) is 0 Å². The highest BCUT2D eigenvalue weighted by Crippen LogP contribution is 2.62. The Morgan fingerprint density at radius 2 is 0.791 bits per heavy atom. The van der Waals surface area contributed by atoms with Crippen LogP contribution in [0.2, 0.25) is 0 Å². The lowest BCUT2D eigenvalue weighted by Gasteiger charge is -2.40. The number of aromatic nitrogens is 1. The van der Waals surface area contributed by atoms with E-state index >= 15 is 0 Å². The van der Waals surface area contributed by atoms with Crippen LogP contribution in [0.5, 0.6) is 0 Å². The SMILES string of the molecule is c1ccc(-c2cccc(-c3ccccc3)c2-n2c3ccccc3c3ccc(N(c4ccccc4)c4ccc5c(c4)C4(c6ccccc6-5)c5ccccc5-c5cccc6cccc4c56)cc32)cc1. The molecule has 1 atom stereocenters. The van der Waals surface area contributed by atoms with Crippen LogP contribution in [0, 0.1) is 0 Å². The first-order valence-corrected chi connectivity index (χ1v) is 23.3. The molecule has 0 fully saturated rings. The Bertz CT molecular complexity index is 3860. The summed E-state index contributed by atoms with van der Waals surface area (Å²) in [6.07, 6.45) is 0. The fourth-order valence-corrected chi connectivity index (χ4v) is 11.9. The highest BCUT2D eigenvalue weighted by Gasteiger charge is 2.50. The lowest BCUT2D eigenvalue weighted by atomic mass is 9.61. The zero-order valence-corrected chi connectivity index (χ0v) is 36.6. The first kappa shape index (κ1) is 37.6. The predicted octanol–water partition coefficient (Wildman–Crippen LogP) is 17.1. The average molecular weight is 851 g/mol. The number of hydrogen-bond acceptors (Lipinski definition) is 1. The van der Waals surface area contributed by atoms with E-state index in [1.54, 1.807) is 0 Å². The molecule has 1 unspecified atom stereocenters. The van der Waals surface area contributed by atoms with Crippen molar-refractivity contribution in [1.82, 2.24) is 4.57 Å². The minimum Gasteiger partial charge on any atom is -0.310 e. The van der Waals surface area contributed by atoms with Crippen molar-refractivity contribution in [3.8, 4) is 50.2 Å². The molecule has 0 bridgehead atoms. The van der Waals surface area contributed by atoms with Crippen LogP contribution in [0.1, 0.15) is 22.3 Å². The average Bonchev–Trinajstić information content (AvgIpc) is 3.88. The van der Waals surface area contributed by atoms with E-state index in [2.05, 4.69) is 264 Å². The summed E-state index contributed by atoms with van der Waals surface area (Å²) < 4.78 is 2.52. The Kier molecular flexibility index (Phi) is 8.23. The zero-order valence-electron chi connectivity index (χ0n) is 36.6. The van der Waals surface area contributed by atoms with Crippen molar-refractivity contribution in [2.24, 2.45) is 0 Å². The van der Waals surface area contributed by atoms with Crippen LogP contribution in [-0.2, 0) is 5.41 Å². The molecule has 0 saturated heterocycles. The summed E-state index contributed by atoms with van der Waals surface area (Å²) >= 11 is 0. The summed E-state index contributed by atoms with van der Waals surface area (Å²) in [4.78, 5) is 2.46. The minimum atomic E-state index is -0.528. The van der Waals surface area contributed by atoms with Gasteiger partial charge in [-0.3, -0.25) is 0 Å². The summed E-state index contributed by atoms with van der Waals surface area (Å²) in [5.41, 5.74) is 21.4. The van der Waals surface area contributed by atoms with Gasteiger partial charge in [-0.05, 0) is 109 Å². The van der Waals surface area contributed by atoms with Crippen LogP contribution in [-0.4, -0.2) is 4.57 Å². The van der Waals surface area contributed by atoms with Crippen molar-refractivity contribution in [3.05, 3.63) is 277 Å². The van der Waals surface area contributed by atoms with Gasteiger partial charge in [0.1, 0.15) is 0 Å². The molecule has 1 spiro atoms. The number of para-hydroxylation sites is 3. The lowest BCUT2D eigenvalue weighted by Crippen LogP contribution is -2.32. The smallest absolute Gasteiger partial charge is 0.0726 e. The van der Waals surface area contributed by atoms with Gasteiger partial charge in [-0.1, -0.05) is 212 Å². The lowest BCUT2D eigenvalue weighted by molar-refractivity contribution is 0.773. The van der Waals surface area contributed by atoms with Gasteiger partial charge in [0, 0.05) is 39.0 Å². The van der Waals surface area contributed by atoms with E-state index in [4.69, 9.17) is 0 Å². The van der Waals surface area contributed by atoms with Crippen LogP contribution >= 0.6 is 0 Å². The van der Waals surface area contributed by atoms with Gasteiger partial charge in [0.15, 0.2) is 0 Å². The van der Waals surface area contributed by atoms with Gasteiger partial charge in [-0.15, -0.1) is 0 Å².